The lowest BCUT2D eigenvalue weighted by atomic mass is 10.1. The lowest BCUT2D eigenvalue weighted by Gasteiger charge is -2.36. The summed E-state index contributed by atoms with van der Waals surface area (Å²) in [5, 5.41) is 13.2. The van der Waals surface area contributed by atoms with E-state index in [1.165, 1.54) is 0 Å². The minimum atomic E-state index is -0.0247. The molecule has 0 bridgehead atoms. The lowest BCUT2D eigenvalue weighted by molar-refractivity contribution is -0.770. The largest absolute Gasteiger partial charge is 0.380 e. The maximum atomic E-state index is 7.31. The number of unbranched alkanes of at least 4 members (excludes halogenated alkanes) is 1. The molecule has 16 heavy (non-hydrogen) atoms. The van der Waals surface area contributed by atoms with E-state index in [1.54, 1.807) is 11.0 Å². The fourth-order valence-electron chi connectivity index (χ4n) is 1.40. The highest BCUT2D eigenvalue weighted by atomic mass is 35.5. The van der Waals surface area contributed by atoms with Crippen LogP contribution in [0.15, 0.2) is 10.7 Å². The monoisotopic (exact) mass is 248 g/mol. The number of rotatable bonds is 4. The van der Waals surface area contributed by atoms with Gasteiger partial charge in [0.2, 0.25) is 0 Å². The molecule has 5 nitrogen and oxygen atoms in total. The van der Waals surface area contributed by atoms with Gasteiger partial charge in [-0.15, -0.1) is 12.4 Å². The van der Waals surface area contributed by atoms with Crippen molar-refractivity contribution < 1.29 is 9.31 Å². The first kappa shape index (κ1) is 15.0. The predicted molar refractivity (Wildman–Crippen MR) is 63.1 cm³/mol. The number of aromatic nitrogens is 2. The van der Waals surface area contributed by atoms with Gasteiger partial charge in [0.1, 0.15) is 0 Å². The highest BCUT2D eigenvalue weighted by molar-refractivity contribution is 5.85. The van der Waals surface area contributed by atoms with Crippen LogP contribution in [0.25, 0.3) is 0 Å². The average Bonchev–Trinajstić information content (AvgIpc) is 2.50. The molecule has 0 atom stereocenters. The second-order valence-electron chi connectivity index (χ2n) is 4.63. The predicted octanol–water partition coefficient (Wildman–Crippen LogP) is 0.962. The van der Waals surface area contributed by atoms with Crippen LogP contribution in [-0.4, -0.2) is 12.1 Å². The molecule has 0 aliphatic carbocycles. The second kappa shape index (κ2) is 5.94. The van der Waals surface area contributed by atoms with Crippen LogP contribution in [0.4, 0.5) is 0 Å². The Kier molecular flexibility index (Phi) is 5.58. The minimum absolute atomic E-state index is 0. The van der Waals surface area contributed by atoms with E-state index < -0.39 is 0 Å². The lowest BCUT2D eigenvalue weighted by Crippen LogP contribution is -2.68. The van der Waals surface area contributed by atoms with Crippen molar-refractivity contribution in [3.63, 3.8) is 0 Å². The summed E-state index contributed by atoms with van der Waals surface area (Å²) in [6.45, 7) is 9.43. The molecular formula is C10H21ClN4O. The molecule has 0 aromatic carbocycles. The average molecular weight is 249 g/mol. The van der Waals surface area contributed by atoms with E-state index >= 15 is 0 Å². The Balaban J connectivity index is 0.00000225. The van der Waals surface area contributed by atoms with Crippen LogP contribution >= 0.6 is 12.4 Å². The fraction of sp³-hybridized carbons (Fsp3) is 0.800. The second-order valence-corrected chi connectivity index (χ2v) is 4.63. The van der Waals surface area contributed by atoms with E-state index in [1.807, 2.05) is 0 Å². The maximum absolute atomic E-state index is 7.31. The molecule has 0 fully saturated rings. The Labute approximate surface area is 102 Å². The Morgan fingerprint density at radius 3 is 2.50 bits per heavy atom. The van der Waals surface area contributed by atoms with Crippen LogP contribution in [0.1, 0.15) is 40.5 Å². The first-order valence-electron chi connectivity index (χ1n) is 5.33. The van der Waals surface area contributed by atoms with Crippen LogP contribution in [0.3, 0.4) is 0 Å². The van der Waals surface area contributed by atoms with E-state index in [4.69, 9.17) is 9.93 Å². The maximum Gasteiger partial charge on any atom is 0.286 e. The number of halogens is 1. The molecule has 1 heterocycles. The van der Waals surface area contributed by atoms with Crippen LogP contribution in [-0.2, 0) is 0 Å². The molecule has 1 aromatic rings. The zero-order valence-electron chi connectivity index (χ0n) is 10.4. The van der Waals surface area contributed by atoms with E-state index in [9.17, 15) is 0 Å². The van der Waals surface area contributed by atoms with Gasteiger partial charge in [-0.3, -0.25) is 10.4 Å². The van der Waals surface area contributed by atoms with E-state index in [-0.39, 0.29) is 23.5 Å². The van der Waals surface area contributed by atoms with Crippen molar-refractivity contribution in [3.05, 3.63) is 11.8 Å². The van der Waals surface area contributed by atoms with Crippen LogP contribution < -0.4 is 20.6 Å². The SMILES string of the molecule is CCCCN([n+]1cc(=N)o[n-]1)C(C)(C)C.Cl. The third-order valence-electron chi connectivity index (χ3n) is 2.20. The van der Waals surface area contributed by atoms with E-state index in [0.29, 0.717) is 0 Å². The summed E-state index contributed by atoms with van der Waals surface area (Å²) in [6.07, 6.45) is 3.82. The summed E-state index contributed by atoms with van der Waals surface area (Å²) in [7, 11) is 0. The fourth-order valence-corrected chi connectivity index (χ4v) is 1.40. The molecule has 0 unspecified atom stereocenters. The molecule has 94 valence electrons. The molecule has 0 amide bonds. The van der Waals surface area contributed by atoms with Gasteiger partial charge in [-0.1, -0.05) is 38.9 Å². The number of hydrogen-bond donors (Lipinski definition) is 1. The first-order valence-corrected chi connectivity index (χ1v) is 5.33. The summed E-state index contributed by atoms with van der Waals surface area (Å²) < 4.78 is 4.76. The molecule has 1 rings (SSSR count). The molecule has 1 N–H and O–H groups in total. The summed E-state index contributed by atoms with van der Waals surface area (Å²) in [5.74, 6) is 0. The van der Waals surface area contributed by atoms with Gasteiger partial charge in [0.05, 0.1) is 0 Å². The van der Waals surface area contributed by atoms with Crippen molar-refractivity contribution in [2.75, 3.05) is 11.6 Å². The van der Waals surface area contributed by atoms with Gasteiger partial charge in [-0.05, 0) is 11.7 Å². The number of hydrogen-bond acceptors (Lipinski definition) is 3. The Morgan fingerprint density at radius 1 is 1.50 bits per heavy atom. The Bertz CT molecular complexity index is 352. The molecule has 0 saturated carbocycles. The molecule has 0 spiro atoms. The molecule has 0 aliphatic heterocycles. The minimum Gasteiger partial charge on any atom is -0.380 e. The van der Waals surface area contributed by atoms with Gasteiger partial charge in [0.25, 0.3) is 11.8 Å². The van der Waals surface area contributed by atoms with Crippen LogP contribution in [0.5, 0.6) is 0 Å². The third kappa shape index (κ3) is 3.89. The Morgan fingerprint density at radius 2 is 2.12 bits per heavy atom. The van der Waals surface area contributed by atoms with Gasteiger partial charge in [-0.25, -0.2) is 0 Å². The quantitative estimate of drug-likeness (QED) is 0.808. The van der Waals surface area contributed by atoms with Crippen molar-refractivity contribution in [2.24, 2.45) is 0 Å². The van der Waals surface area contributed by atoms with Crippen LogP contribution in [0.2, 0.25) is 0 Å². The van der Waals surface area contributed by atoms with Gasteiger partial charge in [-0.2, -0.15) is 0 Å². The highest BCUT2D eigenvalue weighted by Gasteiger charge is 2.21. The molecule has 6 heteroatoms. The van der Waals surface area contributed by atoms with Crippen molar-refractivity contribution in [3.8, 4) is 0 Å². The molecule has 0 saturated heterocycles. The molecular weight excluding hydrogens is 228 g/mol. The summed E-state index contributed by atoms with van der Waals surface area (Å²) in [6, 6.07) is 0. The smallest absolute Gasteiger partial charge is 0.286 e. The van der Waals surface area contributed by atoms with E-state index in [0.717, 1.165) is 19.4 Å². The normalized spacial score (nSPS) is 11.0. The van der Waals surface area contributed by atoms with Crippen LogP contribution in [0, 0.1) is 5.41 Å². The van der Waals surface area contributed by atoms with E-state index in [2.05, 4.69) is 38.0 Å². The summed E-state index contributed by atoms with van der Waals surface area (Å²) in [4.78, 5) is 1.62. The van der Waals surface area contributed by atoms with Crippen molar-refractivity contribution in [1.82, 2.24) is 5.27 Å². The number of nitrogens with one attached hydrogen (secondary N) is 1. The van der Waals surface area contributed by atoms with Crippen molar-refractivity contribution in [1.29, 1.82) is 5.41 Å². The highest BCUT2D eigenvalue weighted by Crippen LogP contribution is 2.07. The zero-order valence-corrected chi connectivity index (χ0v) is 11.2. The van der Waals surface area contributed by atoms with Crippen molar-refractivity contribution in [2.45, 2.75) is 46.1 Å². The third-order valence-corrected chi connectivity index (χ3v) is 2.20. The zero-order chi connectivity index (χ0) is 11.5. The molecule has 0 aliphatic rings. The van der Waals surface area contributed by atoms with Gasteiger partial charge < -0.3 is 4.52 Å². The van der Waals surface area contributed by atoms with Gasteiger partial charge in [0.15, 0.2) is 0 Å². The van der Waals surface area contributed by atoms with Gasteiger partial charge in [0, 0.05) is 12.1 Å². The summed E-state index contributed by atoms with van der Waals surface area (Å²) in [5.41, 5.74) is 0.0594. The standard InChI is InChI=1S/C10H20N4O.ClH/c1-5-6-7-13(10(2,3)4)14-8-9(11)15-12-14;/h8,11H,5-7H2,1-4H3;1H. The van der Waals surface area contributed by atoms with Gasteiger partial charge >= 0.3 is 0 Å². The number of nitrogens with zero attached hydrogens (tertiary/aromatic N) is 3. The molecule has 1 aromatic heterocycles. The molecule has 0 radical (unpaired) electrons. The topological polar surface area (TPSA) is 58.2 Å². The summed E-state index contributed by atoms with van der Waals surface area (Å²) >= 11 is 0. The Hall–Kier alpha value is -0.970. The van der Waals surface area contributed by atoms with Crippen molar-refractivity contribution >= 4 is 12.4 Å². The first-order chi connectivity index (χ1) is 6.95.